The van der Waals surface area contributed by atoms with Crippen molar-refractivity contribution in [2.45, 2.75) is 25.8 Å². The SMILES string of the molecule is CC(c1ccc(C(=O)O)cc1NC(=O)CCc1ccc(Cl)c(Cl)c1)[N+](=O)[O-]. The van der Waals surface area contributed by atoms with Gasteiger partial charge in [-0.15, -0.1) is 0 Å². The first-order chi connectivity index (χ1) is 12.7. The third-order valence-electron chi connectivity index (χ3n) is 3.97. The second-order valence-corrected chi connectivity index (χ2v) is 6.68. The molecular formula is C18H16Cl2N2O5. The van der Waals surface area contributed by atoms with Crippen molar-refractivity contribution >= 4 is 40.8 Å². The quantitative estimate of drug-likeness (QED) is 0.511. The summed E-state index contributed by atoms with van der Waals surface area (Å²) in [5, 5.41) is 23.6. The molecule has 0 heterocycles. The highest BCUT2D eigenvalue weighted by atomic mass is 35.5. The van der Waals surface area contributed by atoms with Crippen LogP contribution in [0.1, 0.15) is 40.9 Å². The molecule has 0 fully saturated rings. The van der Waals surface area contributed by atoms with Crippen LogP contribution in [0.4, 0.5) is 5.69 Å². The van der Waals surface area contributed by atoms with E-state index in [1.165, 1.54) is 25.1 Å². The zero-order valence-corrected chi connectivity index (χ0v) is 15.8. The van der Waals surface area contributed by atoms with Crippen LogP contribution in [0.15, 0.2) is 36.4 Å². The molecule has 0 spiro atoms. The van der Waals surface area contributed by atoms with Gasteiger partial charge >= 0.3 is 5.97 Å². The first-order valence-electron chi connectivity index (χ1n) is 7.93. The second kappa shape index (κ2) is 8.83. The first kappa shape index (κ1) is 20.7. The summed E-state index contributed by atoms with van der Waals surface area (Å²) in [4.78, 5) is 34.0. The fraction of sp³-hybridized carbons (Fsp3) is 0.222. The number of hydrogen-bond acceptors (Lipinski definition) is 4. The summed E-state index contributed by atoms with van der Waals surface area (Å²) in [7, 11) is 0. The molecule has 0 saturated carbocycles. The normalized spacial score (nSPS) is 11.7. The smallest absolute Gasteiger partial charge is 0.335 e. The number of rotatable bonds is 7. The second-order valence-electron chi connectivity index (χ2n) is 5.87. The van der Waals surface area contributed by atoms with Gasteiger partial charge in [0.25, 0.3) is 0 Å². The Labute approximate surface area is 165 Å². The van der Waals surface area contributed by atoms with E-state index in [1.54, 1.807) is 18.2 Å². The Hall–Kier alpha value is -2.64. The summed E-state index contributed by atoms with van der Waals surface area (Å²) in [5.41, 5.74) is 1.07. The van der Waals surface area contributed by atoms with E-state index in [0.29, 0.717) is 16.5 Å². The minimum atomic E-state index is -1.19. The van der Waals surface area contributed by atoms with Crippen LogP contribution in [0.3, 0.4) is 0 Å². The number of amides is 1. The predicted molar refractivity (Wildman–Crippen MR) is 102 cm³/mol. The van der Waals surface area contributed by atoms with Crippen molar-refractivity contribution in [1.29, 1.82) is 0 Å². The van der Waals surface area contributed by atoms with E-state index in [2.05, 4.69) is 5.32 Å². The molecule has 2 N–H and O–H groups in total. The van der Waals surface area contributed by atoms with Crippen molar-refractivity contribution in [3.8, 4) is 0 Å². The molecule has 0 aliphatic rings. The van der Waals surface area contributed by atoms with Gasteiger partial charge in [-0.3, -0.25) is 14.9 Å². The summed E-state index contributed by atoms with van der Waals surface area (Å²) in [6, 6.07) is 7.75. The van der Waals surface area contributed by atoms with Crippen molar-refractivity contribution in [1.82, 2.24) is 0 Å². The van der Waals surface area contributed by atoms with E-state index in [-0.39, 0.29) is 23.2 Å². The van der Waals surface area contributed by atoms with Crippen molar-refractivity contribution < 1.29 is 19.6 Å². The number of carboxylic acids is 1. The summed E-state index contributed by atoms with van der Waals surface area (Å²) >= 11 is 11.8. The number of halogens is 2. The number of aromatic carboxylic acids is 1. The van der Waals surface area contributed by atoms with E-state index in [1.807, 2.05) is 0 Å². The van der Waals surface area contributed by atoms with Crippen molar-refractivity contribution in [3.05, 3.63) is 73.2 Å². The molecule has 1 unspecified atom stereocenters. The molecule has 142 valence electrons. The highest BCUT2D eigenvalue weighted by Crippen LogP contribution is 2.27. The molecule has 2 aromatic rings. The van der Waals surface area contributed by atoms with Crippen LogP contribution >= 0.6 is 23.2 Å². The molecule has 0 aliphatic carbocycles. The lowest BCUT2D eigenvalue weighted by atomic mass is 10.0. The zero-order chi connectivity index (χ0) is 20.1. The summed E-state index contributed by atoms with van der Waals surface area (Å²) in [5.74, 6) is -1.60. The van der Waals surface area contributed by atoms with Gasteiger partial charge in [-0.25, -0.2) is 4.79 Å². The molecule has 0 aliphatic heterocycles. The summed E-state index contributed by atoms with van der Waals surface area (Å²) < 4.78 is 0. The van der Waals surface area contributed by atoms with Crippen molar-refractivity contribution in [2.24, 2.45) is 0 Å². The van der Waals surface area contributed by atoms with Crippen LogP contribution in [0, 0.1) is 10.1 Å². The van der Waals surface area contributed by atoms with Crippen LogP contribution in [0.5, 0.6) is 0 Å². The number of nitro groups is 1. The highest BCUT2D eigenvalue weighted by molar-refractivity contribution is 6.42. The maximum absolute atomic E-state index is 12.3. The van der Waals surface area contributed by atoms with Gasteiger partial charge in [-0.05, 0) is 42.3 Å². The first-order valence-corrected chi connectivity index (χ1v) is 8.69. The fourth-order valence-corrected chi connectivity index (χ4v) is 2.76. The maximum Gasteiger partial charge on any atom is 0.335 e. The standard InChI is InChI=1S/C18H16Cl2N2O5/c1-10(22(26)27)13-5-4-12(18(24)25)9-16(13)21-17(23)7-3-11-2-6-14(19)15(20)8-11/h2,4-6,8-10H,3,7H2,1H3,(H,21,23)(H,24,25). The maximum atomic E-state index is 12.3. The Balaban J connectivity index is 2.16. The van der Waals surface area contributed by atoms with Crippen LogP contribution in [0.25, 0.3) is 0 Å². The molecule has 1 atom stereocenters. The Morgan fingerprint density at radius 2 is 1.89 bits per heavy atom. The molecule has 0 saturated heterocycles. The number of carbonyl (C=O) groups is 2. The van der Waals surface area contributed by atoms with E-state index in [9.17, 15) is 19.7 Å². The Bertz CT molecular complexity index is 901. The van der Waals surface area contributed by atoms with Gasteiger partial charge in [0.15, 0.2) is 0 Å². The molecular weight excluding hydrogens is 395 g/mol. The van der Waals surface area contributed by atoms with Gasteiger partial charge in [0.05, 0.1) is 21.3 Å². The monoisotopic (exact) mass is 410 g/mol. The number of carboxylic acid groups (broad SMARTS) is 1. The van der Waals surface area contributed by atoms with Crippen LogP contribution < -0.4 is 5.32 Å². The fourth-order valence-electron chi connectivity index (χ4n) is 2.44. The topological polar surface area (TPSA) is 110 Å². The Morgan fingerprint density at radius 1 is 1.19 bits per heavy atom. The Morgan fingerprint density at radius 3 is 2.48 bits per heavy atom. The molecule has 27 heavy (non-hydrogen) atoms. The van der Waals surface area contributed by atoms with Gasteiger partial charge < -0.3 is 10.4 Å². The average Bonchev–Trinajstić information content (AvgIpc) is 2.62. The number of anilines is 1. The van der Waals surface area contributed by atoms with Gasteiger partial charge in [0, 0.05) is 23.8 Å². The summed E-state index contributed by atoms with van der Waals surface area (Å²) in [6.45, 7) is 1.36. The minimum absolute atomic E-state index is 0.0749. The number of nitrogens with zero attached hydrogens (tertiary/aromatic N) is 1. The van der Waals surface area contributed by atoms with Gasteiger partial charge in [-0.2, -0.15) is 0 Å². The number of aryl methyl sites for hydroxylation is 1. The number of benzene rings is 2. The van der Waals surface area contributed by atoms with Gasteiger partial charge in [0.2, 0.25) is 11.9 Å². The Kier molecular flexibility index (Phi) is 6.76. The lowest BCUT2D eigenvalue weighted by Crippen LogP contribution is -2.17. The number of hydrogen-bond donors (Lipinski definition) is 2. The summed E-state index contributed by atoms with van der Waals surface area (Å²) in [6.07, 6.45) is 0.461. The van der Waals surface area contributed by atoms with E-state index < -0.39 is 22.8 Å². The lowest BCUT2D eigenvalue weighted by molar-refractivity contribution is -0.524. The zero-order valence-electron chi connectivity index (χ0n) is 14.2. The van der Waals surface area contributed by atoms with Crippen molar-refractivity contribution in [2.75, 3.05) is 5.32 Å². The van der Waals surface area contributed by atoms with E-state index in [4.69, 9.17) is 28.3 Å². The largest absolute Gasteiger partial charge is 0.478 e. The third-order valence-corrected chi connectivity index (χ3v) is 4.70. The molecule has 0 aromatic heterocycles. The molecule has 2 rings (SSSR count). The van der Waals surface area contributed by atoms with E-state index in [0.717, 1.165) is 5.56 Å². The van der Waals surface area contributed by atoms with Crippen LogP contribution in [-0.2, 0) is 11.2 Å². The number of carbonyl (C=O) groups excluding carboxylic acids is 1. The molecule has 2 aromatic carbocycles. The van der Waals surface area contributed by atoms with Gasteiger partial charge in [-0.1, -0.05) is 29.3 Å². The molecule has 0 bridgehead atoms. The molecule has 1 amide bonds. The highest BCUT2D eigenvalue weighted by Gasteiger charge is 2.22. The average molecular weight is 411 g/mol. The van der Waals surface area contributed by atoms with Crippen LogP contribution in [0.2, 0.25) is 10.0 Å². The number of nitrogens with one attached hydrogen (secondary N) is 1. The third kappa shape index (κ3) is 5.42. The molecule has 9 heteroatoms. The van der Waals surface area contributed by atoms with E-state index >= 15 is 0 Å². The van der Waals surface area contributed by atoms with Crippen LogP contribution in [-0.4, -0.2) is 21.9 Å². The van der Waals surface area contributed by atoms with Gasteiger partial charge in [0.1, 0.15) is 0 Å². The minimum Gasteiger partial charge on any atom is -0.478 e. The predicted octanol–water partition coefficient (Wildman–Crippen LogP) is 4.60. The molecule has 0 radical (unpaired) electrons. The molecule has 7 nitrogen and oxygen atoms in total. The lowest BCUT2D eigenvalue weighted by Gasteiger charge is -2.13. The van der Waals surface area contributed by atoms with Crippen molar-refractivity contribution in [3.63, 3.8) is 0 Å².